The van der Waals surface area contributed by atoms with Crippen LogP contribution >= 0.6 is 11.3 Å². The van der Waals surface area contributed by atoms with E-state index in [0.717, 1.165) is 25.9 Å². The largest absolute Gasteiger partial charge is 0.504 e. The Morgan fingerprint density at radius 2 is 2.13 bits per heavy atom. The van der Waals surface area contributed by atoms with Gasteiger partial charge in [0, 0.05) is 42.4 Å². The van der Waals surface area contributed by atoms with Gasteiger partial charge < -0.3 is 14.6 Å². The van der Waals surface area contributed by atoms with Gasteiger partial charge in [0.15, 0.2) is 11.5 Å². The summed E-state index contributed by atoms with van der Waals surface area (Å²) in [6.07, 6.45) is 2.02. The third-order valence-electron chi connectivity index (χ3n) is 4.90. The first kappa shape index (κ1) is 15.0. The molecule has 122 valence electrons. The lowest BCUT2D eigenvalue weighted by Gasteiger charge is -2.40. The van der Waals surface area contributed by atoms with Crippen LogP contribution in [0.5, 0.6) is 11.5 Å². The fourth-order valence-corrected chi connectivity index (χ4v) is 4.99. The Balaban J connectivity index is 1.69. The van der Waals surface area contributed by atoms with Crippen molar-refractivity contribution in [1.82, 2.24) is 4.90 Å². The Morgan fingerprint density at radius 3 is 2.91 bits per heavy atom. The smallest absolute Gasteiger partial charge is 0.160 e. The first-order chi connectivity index (χ1) is 11.2. The monoisotopic (exact) mass is 331 g/mol. The second kappa shape index (κ2) is 5.82. The summed E-state index contributed by atoms with van der Waals surface area (Å²) < 4.78 is 10.5. The van der Waals surface area contributed by atoms with Crippen LogP contribution in [0.2, 0.25) is 0 Å². The van der Waals surface area contributed by atoms with Crippen LogP contribution in [0.15, 0.2) is 18.2 Å². The standard InChI is InChI=1S/C18H21NO3S/c1-21-10-13-5-12-9-19-4-3-11-6-17(22-2)16(20)7-14(11)15(19)8-18(12)23-13/h5-7,15,20H,3-4,8-10H2,1-2H3. The van der Waals surface area contributed by atoms with Gasteiger partial charge in [0.2, 0.25) is 0 Å². The minimum absolute atomic E-state index is 0.241. The number of aromatic hydroxyl groups is 1. The maximum absolute atomic E-state index is 10.2. The fraction of sp³-hybridized carbons (Fsp3) is 0.444. The van der Waals surface area contributed by atoms with Crippen molar-refractivity contribution < 1.29 is 14.6 Å². The number of hydrogen-bond donors (Lipinski definition) is 1. The topological polar surface area (TPSA) is 41.9 Å². The van der Waals surface area contributed by atoms with Crippen molar-refractivity contribution in [3.8, 4) is 11.5 Å². The van der Waals surface area contributed by atoms with E-state index in [9.17, 15) is 5.11 Å². The highest BCUT2D eigenvalue weighted by molar-refractivity contribution is 7.12. The molecule has 0 radical (unpaired) electrons. The number of nitrogens with zero attached hydrogens (tertiary/aromatic N) is 1. The van der Waals surface area contributed by atoms with E-state index in [-0.39, 0.29) is 5.75 Å². The van der Waals surface area contributed by atoms with Crippen LogP contribution in [0.4, 0.5) is 0 Å². The van der Waals surface area contributed by atoms with Crippen LogP contribution in [0.25, 0.3) is 0 Å². The van der Waals surface area contributed by atoms with Gasteiger partial charge in [-0.15, -0.1) is 11.3 Å². The van der Waals surface area contributed by atoms with E-state index in [2.05, 4.69) is 11.0 Å². The van der Waals surface area contributed by atoms with Gasteiger partial charge in [-0.3, -0.25) is 4.90 Å². The second-order valence-electron chi connectivity index (χ2n) is 6.26. The van der Waals surface area contributed by atoms with Gasteiger partial charge in [-0.25, -0.2) is 0 Å². The Labute approximate surface area is 140 Å². The molecule has 2 aliphatic rings. The molecule has 1 atom stereocenters. The highest BCUT2D eigenvalue weighted by atomic mass is 32.1. The summed E-state index contributed by atoms with van der Waals surface area (Å²) in [5.41, 5.74) is 4.00. The van der Waals surface area contributed by atoms with Crippen molar-refractivity contribution in [3.05, 3.63) is 44.6 Å². The zero-order chi connectivity index (χ0) is 16.0. The molecule has 0 bridgehead atoms. The normalized spacial score (nSPS) is 19.8. The van der Waals surface area contributed by atoms with Gasteiger partial charge in [-0.05, 0) is 41.3 Å². The molecule has 4 nitrogen and oxygen atoms in total. The second-order valence-corrected chi connectivity index (χ2v) is 7.48. The number of rotatable bonds is 3. The molecule has 0 spiro atoms. The zero-order valence-electron chi connectivity index (χ0n) is 13.5. The lowest BCUT2D eigenvalue weighted by atomic mass is 9.86. The number of thiophene rings is 1. The summed E-state index contributed by atoms with van der Waals surface area (Å²) in [6.45, 7) is 2.74. The summed E-state index contributed by atoms with van der Waals surface area (Å²) in [6, 6.07) is 6.56. The number of hydrogen-bond acceptors (Lipinski definition) is 5. The van der Waals surface area contributed by atoms with Gasteiger partial charge >= 0.3 is 0 Å². The van der Waals surface area contributed by atoms with E-state index in [1.807, 2.05) is 23.5 Å². The molecule has 23 heavy (non-hydrogen) atoms. The van der Waals surface area contributed by atoms with Crippen molar-refractivity contribution in [2.24, 2.45) is 0 Å². The number of phenolic OH excluding ortho intramolecular Hbond substituents is 1. The van der Waals surface area contributed by atoms with E-state index in [1.54, 1.807) is 14.2 Å². The maximum atomic E-state index is 10.2. The summed E-state index contributed by atoms with van der Waals surface area (Å²) in [5.74, 6) is 0.817. The minimum atomic E-state index is 0.241. The zero-order valence-corrected chi connectivity index (χ0v) is 14.3. The number of fused-ring (bicyclic) bond motifs is 4. The Kier molecular flexibility index (Phi) is 3.79. The summed E-state index contributed by atoms with van der Waals surface area (Å²) in [5, 5.41) is 10.2. The van der Waals surface area contributed by atoms with Crippen molar-refractivity contribution in [2.45, 2.75) is 32.0 Å². The Bertz CT molecular complexity index is 740. The molecule has 0 saturated carbocycles. The predicted molar refractivity (Wildman–Crippen MR) is 90.2 cm³/mol. The SMILES string of the molecule is COCc1cc2c(s1)CC1c3cc(O)c(OC)cc3CCN1C2. The molecular formula is C18H21NO3S. The van der Waals surface area contributed by atoms with Crippen LogP contribution < -0.4 is 4.74 Å². The third-order valence-corrected chi connectivity index (χ3v) is 6.07. The van der Waals surface area contributed by atoms with Gasteiger partial charge in [0.25, 0.3) is 0 Å². The molecule has 4 rings (SSSR count). The van der Waals surface area contributed by atoms with Crippen LogP contribution in [-0.4, -0.2) is 30.8 Å². The van der Waals surface area contributed by atoms with Crippen LogP contribution in [0.3, 0.4) is 0 Å². The van der Waals surface area contributed by atoms with Crippen LogP contribution in [0, 0.1) is 0 Å². The first-order valence-corrected chi connectivity index (χ1v) is 8.74. The molecule has 1 aromatic heterocycles. The quantitative estimate of drug-likeness (QED) is 0.937. The third kappa shape index (κ3) is 2.53. The van der Waals surface area contributed by atoms with E-state index in [0.29, 0.717) is 18.4 Å². The molecule has 0 amide bonds. The van der Waals surface area contributed by atoms with Gasteiger partial charge in [-0.1, -0.05) is 0 Å². The fourth-order valence-electron chi connectivity index (χ4n) is 3.80. The van der Waals surface area contributed by atoms with Crippen molar-refractivity contribution >= 4 is 11.3 Å². The summed E-state index contributed by atoms with van der Waals surface area (Å²) in [4.78, 5) is 5.29. The van der Waals surface area contributed by atoms with Gasteiger partial charge in [0.05, 0.1) is 13.7 Å². The molecule has 0 aliphatic carbocycles. The highest BCUT2D eigenvalue weighted by Crippen LogP contribution is 2.43. The molecule has 1 N–H and O–H groups in total. The number of methoxy groups -OCH3 is 2. The van der Waals surface area contributed by atoms with E-state index in [4.69, 9.17) is 9.47 Å². The van der Waals surface area contributed by atoms with Crippen LogP contribution in [-0.2, 0) is 30.7 Å². The number of phenols is 1. The molecule has 1 aromatic carbocycles. The summed E-state index contributed by atoms with van der Waals surface area (Å²) >= 11 is 1.86. The Morgan fingerprint density at radius 1 is 1.26 bits per heavy atom. The first-order valence-electron chi connectivity index (χ1n) is 7.92. The van der Waals surface area contributed by atoms with E-state index in [1.165, 1.54) is 26.4 Å². The lowest BCUT2D eigenvalue weighted by Crippen LogP contribution is -2.38. The molecule has 3 heterocycles. The average Bonchev–Trinajstić information content (AvgIpc) is 2.94. The van der Waals surface area contributed by atoms with E-state index < -0.39 is 0 Å². The highest BCUT2D eigenvalue weighted by Gasteiger charge is 2.33. The molecule has 2 aliphatic heterocycles. The minimum Gasteiger partial charge on any atom is -0.504 e. The van der Waals surface area contributed by atoms with Crippen molar-refractivity contribution in [3.63, 3.8) is 0 Å². The molecule has 0 fully saturated rings. The molecule has 5 heteroatoms. The number of benzene rings is 1. The van der Waals surface area contributed by atoms with Gasteiger partial charge in [-0.2, -0.15) is 0 Å². The molecule has 1 unspecified atom stereocenters. The number of ether oxygens (including phenoxy) is 2. The molecule has 0 saturated heterocycles. The van der Waals surface area contributed by atoms with E-state index >= 15 is 0 Å². The average molecular weight is 331 g/mol. The van der Waals surface area contributed by atoms with Crippen LogP contribution in [0.1, 0.15) is 32.5 Å². The maximum Gasteiger partial charge on any atom is 0.160 e. The summed E-state index contributed by atoms with van der Waals surface area (Å²) in [7, 11) is 3.35. The molecular weight excluding hydrogens is 310 g/mol. The predicted octanol–water partition coefficient (Wildman–Crippen LogP) is 3.26. The van der Waals surface area contributed by atoms with Gasteiger partial charge in [0.1, 0.15) is 0 Å². The van der Waals surface area contributed by atoms with Crippen molar-refractivity contribution in [2.75, 3.05) is 20.8 Å². The molecule has 2 aromatic rings. The lowest BCUT2D eigenvalue weighted by molar-refractivity contribution is 0.162. The Hall–Kier alpha value is -1.56. The van der Waals surface area contributed by atoms with Crippen molar-refractivity contribution in [1.29, 1.82) is 0 Å².